The van der Waals surface area contributed by atoms with Crippen LogP contribution in [0.3, 0.4) is 0 Å². The summed E-state index contributed by atoms with van der Waals surface area (Å²) < 4.78 is 15.2. The van der Waals surface area contributed by atoms with E-state index in [9.17, 15) is 14.4 Å². The Bertz CT molecular complexity index is 1020. The first kappa shape index (κ1) is 16.7. The van der Waals surface area contributed by atoms with Gasteiger partial charge in [0.2, 0.25) is 5.78 Å². The molecule has 2 N–H and O–H groups in total. The maximum atomic E-state index is 14.2. The summed E-state index contributed by atoms with van der Waals surface area (Å²) in [5.41, 5.74) is 7.05. The molecule has 7 heteroatoms. The number of aryl methyl sites for hydroxylation is 1. The summed E-state index contributed by atoms with van der Waals surface area (Å²) in [5, 5.41) is 13.7. The lowest BCUT2D eigenvalue weighted by atomic mass is 10.0. The topological polar surface area (TPSA) is 84.7 Å². The molecular formula is C18H12ClFN4O. The van der Waals surface area contributed by atoms with Crippen molar-refractivity contribution in [1.29, 1.82) is 5.26 Å². The Hall–Kier alpha value is -3.17. The van der Waals surface area contributed by atoms with Crippen LogP contribution in [0, 0.1) is 24.1 Å². The number of ketones is 1. The molecule has 25 heavy (non-hydrogen) atoms. The summed E-state index contributed by atoms with van der Waals surface area (Å²) >= 11 is 5.74. The van der Waals surface area contributed by atoms with E-state index in [1.54, 1.807) is 24.3 Å². The first-order valence-corrected chi connectivity index (χ1v) is 7.65. The number of anilines is 1. The van der Waals surface area contributed by atoms with Crippen molar-refractivity contribution in [1.82, 2.24) is 9.78 Å². The molecule has 0 radical (unpaired) electrons. The summed E-state index contributed by atoms with van der Waals surface area (Å²) in [6, 6.07) is 12.6. The van der Waals surface area contributed by atoms with E-state index < -0.39 is 11.6 Å². The molecule has 0 fully saturated rings. The predicted octanol–water partition coefficient (Wildman–Crippen LogP) is 3.66. The minimum Gasteiger partial charge on any atom is -0.382 e. The third-order valence-corrected chi connectivity index (χ3v) is 3.93. The van der Waals surface area contributed by atoms with E-state index in [2.05, 4.69) is 5.10 Å². The number of hydrogen-bond acceptors (Lipinski definition) is 4. The Labute approximate surface area is 148 Å². The zero-order valence-corrected chi connectivity index (χ0v) is 13.9. The SMILES string of the molecule is Cc1ccc(C(=O)c2nn(-c3ccc(Cl)cc3F)c(N)c2C#N)cc1. The monoisotopic (exact) mass is 354 g/mol. The molecule has 3 rings (SSSR count). The maximum absolute atomic E-state index is 14.2. The number of nitrogen functional groups attached to an aromatic ring is 1. The Kier molecular flexibility index (Phi) is 4.26. The van der Waals surface area contributed by atoms with Gasteiger partial charge in [-0.05, 0) is 25.1 Å². The molecule has 3 aromatic rings. The second-order valence-corrected chi connectivity index (χ2v) is 5.86. The molecular weight excluding hydrogens is 343 g/mol. The van der Waals surface area contributed by atoms with E-state index in [4.69, 9.17) is 17.3 Å². The lowest BCUT2D eigenvalue weighted by Crippen LogP contribution is -2.06. The Morgan fingerprint density at radius 1 is 1.28 bits per heavy atom. The van der Waals surface area contributed by atoms with Gasteiger partial charge in [0.15, 0.2) is 5.69 Å². The van der Waals surface area contributed by atoms with E-state index in [1.165, 1.54) is 12.1 Å². The lowest BCUT2D eigenvalue weighted by molar-refractivity contribution is 0.103. The third kappa shape index (κ3) is 2.97. The van der Waals surface area contributed by atoms with Gasteiger partial charge in [-0.25, -0.2) is 9.07 Å². The summed E-state index contributed by atoms with van der Waals surface area (Å²) in [4.78, 5) is 12.7. The molecule has 0 spiro atoms. The van der Waals surface area contributed by atoms with Gasteiger partial charge in [0.25, 0.3) is 0 Å². The van der Waals surface area contributed by atoms with Gasteiger partial charge in [-0.1, -0.05) is 41.4 Å². The molecule has 0 atom stereocenters. The molecule has 0 bridgehead atoms. The van der Waals surface area contributed by atoms with E-state index in [0.717, 1.165) is 16.3 Å². The number of aromatic nitrogens is 2. The molecule has 0 saturated carbocycles. The molecule has 0 unspecified atom stereocenters. The van der Waals surface area contributed by atoms with Crippen molar-refractivity contribution in [3.05, 3.63) is 75.7 Å². The third-order valence-electron chi connectivity index (χ3n) is 3.70. The van der Waals surface area contributed by atoms with Crippen LogP contribution in [0.15, 0.2) is 42.5 Å². The van der Waals surface area contributed by atoms with Crippen LogP contribution in [0.5, 0.6) is 0 Å². The van der Waals surface area contributed by atoms with Gasteiger partial charge in [0, 0.05) is 10.6 Å². The van der Waals surface area contributed by atoms with Gasteiger partial charge in [0.1, 0.15) is 29.0 Å². The van der Waals surface area contributed by atoms with Crippen molar-refractivity contribution in [3.63, 3.8) is 0 Å². The molecule has 124 valence electrons. The van der Waals surface area contributed by atoms with Crippen molar-refractivity contribution in [2.75, 3.05) is 5.73 Å². The minimum atomic E-state index is -0.666. The van der Waals surface area contributed by atoms with Crippen molar-refractivity contribution in [3.8, 4) is 11.8 Å². The molecule has 0 aliphatic heterocycles. The van der Waals surface area contributed by atoms with Crippen molar-refractivity contribution in [2.24, 2.45) is 0 Å². The zero-order chi connectivity index (χ0) is 18.1. The maximum Gasteiger partial charge on any atom is 0.214 e. The second-order valence-electron chi connectivity index (χ2n) is 5.42. The highest BCUT2D eigenvalue weighted by Gasteiger charge is 2.24. The van der Waals surface area contributed by atoms with Crippen molar-refractivity contribution < 1.29 is 9.18 Å². The number of nitriles is 1. The number of hydrogen-bond donors (Lipinski definition) is 1. The number of nitrogens with two attached hydrogens (primary N) is 1. The van der Waals surface area contributed by atoms with Gasteiger partial charge in [-0.15, -0.1) is 0 Å². The standard InChI is InChI=1S/C18H12ClFN4O/c1-10-2-4-11(5-3-10)17(25)16-13(9-21)18(22)24(23-16)15-7-6-12(19)8-14(15)20/h2-8H,22H2,1H3. The van der Waals surface area contributed by atoms with E-state index in [0.29, 0.717) is 5.56 Å². The smallest absolute Gasteiger partial charge is 0.214 e. The van der Waals surface area contributed by atoms with Crippen LogP contribution < -0.4 is 5.73 Å². The summed E-state index contributed by atoms with van der Waals surface area (Å²) in [6.07, 6.45) is 0. The molecule has 0 aliphatic rings. The van der Waals surface area contributed by atoms with Crippen LogP contribution in [-0.2, 0) is 0 Å². The van der Waals surface area contributed by atoms with Crippen LogP contribution in [-0.4, -0.2) is 15.6 Å². The molecule has 2 aromatic carbocycles. The first-order chi connectivity index (χ1) is 11.9. The average Bonchev–Trinajstić information content (AvgIpc) is 2.91. The number of carbonyl (C=O) groups excluding carboxylic acids is 1. The van der Waals surface area contributed by atoms with E-state index in [-0.39, 0.29) is 27.8 Å². The summed E-state index contributed by atoms with van der Waals surface area (Å²) in [5.74, 6) is -1.24. The van der Waals surface area contributed by atoms with E-state index >= 15 is 0 Å². The molecule has 0 aliphatic carbocycles. The number of rotatable bonds is 3. The Morgan fingerprint density at radius 3 is 2.56 bits per heavy atom. The van der Waals surface area contributed by atoms with Gasteiger partial charge in [0.05, 0.1) is 0 Å². The van der Waals surface area contributed by atoms with Crippen LogP contribution in [0.4, 0.5) is 10.2 Å². The fourth-order valence-electron chi connectivity index (χ4n) is 2.38. The van der Waals surface area contributed by atoms with Gasteiger partial charge in [-0.3, -0.25) is 4.79 Å². The fraction of sp³-hybridized carbons (Fsp3) is 0.0556. The summed E-state index contributed by atoms with van der Waals surface area (Å²) in [7, 11) is 0. The highest BCUT2D eigenvalue weighted by atomic mass is 35.5. The van der Waals surface area contributed by atoms with Crippen molar-refractivity contribution >= 4 is 23.2 Å². The lowest BCUT2D eigenvalue weighted by Gasteiger charge is -2.05. The molecule has 5 nitrogen and oxygen atoms in total. The molecule has 1 aromatic heterocycles. The van der Waals surface area contributed by atoms with Crippen LogP contribution in [0.1, 0.15) is 27.2 Å². The quantitative estimate of drug-likeness (QED) is 0.727. The highest BCUT2D eigenvalue weighted by Crippen LogP contribution is 2.25. The fourth-order valence-corrected chi connectivity index (χ4v) is 2.54. The van der Waals surface area contributed by atoms with Crippen molar-refractivity contribution in [2.45, 2.75) is 6.92 Å². The number of carbonyl (C=O) groups is 1. The van der Waals surface area contributed by atoms with Crippen LogP contribution in [0.25, 0.3) is 5.69 Å². The minimum absolute atomic E-state index is 0.00126. The Morgan fingerprint density at radius 2 is 1.96 bits per heavy atom. The van der Waals surface area contributed by atoms with E-state index in [1.807, 2.05) is 13.0 Å². The Balaban J connectivity index is 2.14. The highest BCUT2D eigenvalue weighted by molar-refractivity contribution is 6.30. The largest absolute Gasteiger partial charge is 0.382 e. The van der Waals surface area contributed by atoms with Crippen LogP contribution in [0.2, 0.25) is 5.02 Å². The first-order valence-electron chi connectivity index (χ1n) is 7.27. The van der Waals surface area contributed by atoms with Gasteiger partial charge >= 0.3 is 0 Å². The molecule has 1 heterocycles. The number of halogens is 2. The van der Waals surface area contributed by atoms with Crippen LogP contribution >= 0.6 is 11.6 Å². The van der Waals surface area contributed by atoms with Gasteiger partial charge < -0.3 is 5.73 Å². The van der Waals surface area contributed by atoms with Gasteiger partial charge in [-0.2, -0.15) is 10.4 Å². The average molecular weight is 355 g/mol. The normalized spacial score (nSPS) is 10.5. The molecule has 0 amide bonds. The molecule has 0 saturated heterocycles. The summed E-state index contributed by atoms with van der Waals surface area (Å²) in [6.45, 7) is 1.89. The zero-order valence-electron chi connectivity index (χ0n) is 13.1. The number of nitrogens with zero attached hydrogens (tertiary/aromatic N) is 3. The predicted molar refractivity (Wildman–Crippen MR) is 92.3 cm³/mol. The second kappa shape index (κ2) is 6.38. The number of benzene rings is 2.